The maximum absolute atomic E-state index is 5.16. The van der Waals surface area contributed by atoms with E-state index < -0.39 is 0 Å². The Labute approximate surface area is 188 Å². The number of unbranched alkanes of at least 4 members (excludes halogenated alkanes) is 1. The Hall–Kier alpha value is -1.32. The lowest BCUT2D eigenvalue weighted by molar-refractivity contribution is 0.307. The van der Waals surface area contributed by atoms with E-state index in [1.54, 1.807) is 13.2 Å². The third-order valence-electron chi connectivity index (χ3n) is 4.34. The maximum Gasteiger partial charge on any atom is 0.118 e. The van der Waals surface area contributed by atoms with Gasteiger partial charge in [0, 0.05) is 10.8 Å². The highest BCUT2D eigenvalue weighted by atomic mass is 32.2. The second-order valence-corrected chi connectivity index (χ2v) is 9.36. The minimum absolute atomic E-state index is 0.787. The Bertz CT molecular complexity index is 621. The molecule has 0 aliphatic carbocycles. The zero-order valence-corrected chi connectivity index (χ0v) is 20.6. The normalized spacial score (nSPS) is 13.0. The van der Waals surface area contributed by atoms with Crippen LogP contribution in [0.25, 0.3) is 0 Å². The van der Waals surface area contributed by atoms with E-state index >= 15 is 0 Å². The van der Waals surface area contributed by atoms with Crippen LogP contribution >= 0.6 is 23.5 Å². The van der Waals surface area contributed by atoms with E-state index in [0.29, 0.717) is 0 Å². The zero-order valence-electron chi connectivity index (χ0n) is 19.0. The molecule has 0 N–H and O–H groups in total. The third-order valence-corrected chi connectivity index (χ3v) is 6.77. The largest absolute Gasteiger partial charge is 0.497 e. The summed E-state index contributed by atoms with van der Waals surface area (Å²) >= 11 is 3.91. The number of methoxy groups -OCH3 is 1. The van der Waals surface area contributed by atoms with Crippen LogP contribution in [0.2, 0.25) is 0 Å². The monoisotopic (exact) mass is 432 g/mol. The highest BCUT2D eigenvalue weighted by Crippen LogP contribution is 2.31. The first-order valence-electron chi connectivity index (χ1n) is 10.4. The van der Waals surface area contributed by atoms with E-state index in [0.717, 1.165) is 55.1 Å². The molecule has 0 unspecified atom stereocenters. The molecule has 0 aromatic rings. The predicted molar refractivity (Wildman–Crippen MR) is 139 cm³/mol. The summed E-state index contributed by atoms with van der Waals surface area (Å²) in [6, 6.07) is 0. The van der Waals surface area contributed by atoms with Crippen molar-refractivity contribution in [3.63, 3.8) is 0 Å². The van der Waals surface area contributed by atoms with Gasteiger partial charge in [0.1, 0.15) is 5.76 Å². The smallest absolute Gasteiger partial charge is 0.118 e. The second kappa shape index (κ2) is 18.7. The van der Waals surface area contributed by atoms with E-state index in [1.165, 1.54) is 21.6 Å². The Kier molecular flexibility index (Phi) is 17.8. The molecule has 0 aromatic heterocycles. The molecule has 0 spiro atoms. The molecule has 0 aliphatic heterocycles. The van der Waals surface area contributed by atoms with Crippen LogP contribution in [-0.4, -0.2) is 17.9 Å². The number of thioether (sulfide) groups is 2. The Morgan fingerprint density at radius 3 is 2.52 bits per heavy atom. The minimum Gasteiger partial charge on any atom is -0.497 e. The van der Waals surface area contributed by atoms with Gasteiger partial charge in [0.05, 0.1) is 7.11 Å². The van der Waals surface area contributed by atoms with Crippen LogP contribution in [0.15, 0.2) is 83.6 Å². The molecule has 0 bridgehead atoms. The van der Waals surface area contributed by atoms with Gasteiger partial charge >= 0.3 is 0 Å². The molecular weight excluding hydrogens is 392 g/mol. The van der Waals surface area contributed by atoms with Crippen LogP contribution in [0.1, 0.15) is 59.3 Å². The van der Waals surface area contributed by atoms with Crippen molar-refractivity contribution in [2.75, 3.05) is 17.9 Å². The van der Waals surface area contributed by atoms with Crippen molar-refractivity contribution in [3.05, 3.63) is 83.6 Å². The molecule has 162 valence electrons. The number of hydrogen-bond donors (Lipinski definition) is 0. The number of ether oxygens (including phenoxy) is 1. The van der Waals surface area contributed by atoms with Crippen molar-refractivity contribution >= 4 is 23.5 Å². The number of hydrogen-bond acceptors (Lipinski definition) is 3. The standard InChI is InChI=1S/C26H40OS2/c1-8-11-17-22(4)20-28-21-29-24(6)26(16-9-2)23(5)18-14-12-13-15-19-25(10-3)27-7/h8,10-11,13,15,19H,3-5,9,12,14,16-18,20-21H2,1-2,6-7H3/b11-8?,15-13+,25-19+,26-24-. The van der Waals surface area contributed by atoms with E-state index in [1.807, 2.05) is 35.7 Å². The summed E-state index contributed by atoms with van der Waals surface area (Å²) in [5.41, 5.74) is 4.05. The van der Waals surface area contributed by atoms with Crippen molar-refractivity contribution in [1.29, 1.82) is 0 Å². The predicted octanol–water partition coefficient (Wildman–Crippen LogP) is 9.01. The molecule has 0 amide bonds. The van der Waals surface area contributed by atoms with Crippen LogP contribution in [0.4, 0.5) is 0 Å². The third kappa shape index (κ3) is 14.3. The van der Waals surface area contributed by atoms with Gasteiger partial charge in [-0.3, -0.25) is 0 Å². The van der Waals surface area contributed by atoms with Crippen molar-refractivity contribution < 1.29 is 4.74 Å². The highest BCUT2D eigenvalue weighted by Gasteiger charge is 2.07. The number of rotatable bonds is 17. The lowest BCUT2D eigenvalue weighted by Gasteiger charge is -2.14. The van der Waals surface area contributed by atoms with Gasteiger partial charge in [-0.1, -0.05) is 68.5 Å². The van der Waals surface area contributed by atoms with E-state index in [4.69, 9.17) is 4.74 Å². The fraction of sp³-hybridized carbons (Fsp3) is 0.462. The lowest BCUT2D eigenvalue weighted by atomic mass is 9.98. The van der Waals surface area contributed by atoms with E-state index in [9.17, 15) is 0 Å². The van der Waals surface area contributed by atoms with Gasteiger partial charge in [-0.15, -0.1) is 23.5 Å². The quantitative estimate of drug-likeness (QED) is 0.0746. The van der Waals surface area contributed by atoms with Crippen LogP contribution in [0.5, 0.6) is 0 Å². The zero-order chi connectivity index (χ0) is 21.9. The molecule has 0 aliphatic rings. The SMILES string of the molecule is C=C/C(=C\C=C\CCCC(=C)/C(CCC)=C(/C)SCSCC(=C)CC=CC)OC. The van der Waals surface area contributed by atoms with Gasteiger partial charge in [-0.2, -0.15) is 0 Å². The summed E-state index contributed by atoms with van der Waals surface area (Å²) in [5, 5.41) is 1.07. The molecule has 3 heteroatoms. The second-order valence-electron chi connectivity index (χ2n) is 6.82. The molecule has 0 saturated heterocycles. The molecule has 0 heterocycles. The lowest BCUT2D eigenvalue weighted by Crippen LogP contribution is -1.93. The van der Waals surface area contributed by atoms with Crippen LogP contribution in [0.3, 0.4) is 0 Å². The fourth-order valence-corrected chi connectivity index (χ4v) is 4.86. The van der Waals surface area contributed by atoms with Gasteiger partial charge < -0.3 is 4.74 Å². The summed E-state index contributed by atoms with van der Waals surface area (Å²) in [5.74, 6) is 1.82. The molecule has 0 aromatic carbocycles. The molecular formula is C26H40OS2. The summed E-state index contributed by atoms with van der Waals surface area (Å²) in [7, 11) is 1.66. The molecule has 0 radical (unpaired) electrons. The Morgan fingerprint density at radius 1 is 1.14 bits per heavy atom. The average Bonchev–Trinajstić information content (AvgIpc) is 2.72. The number of allylic oxidation sites excluding steroid dienone is 9. The van der Waals surface area contributed by atoms with Gasteiger partial charge in [0.15, 0.2) is 0 Å². The summed E-state index contributed by atoms with van der Waals surface area (Å²) in [4.78, 5) is 1.43. The first-order valence-corrected chi connectivity index (χ1v) is 12.5. The summed E-state index contributed by atoms with van der Waals surface area (Å²) < 4.78 is 5.16. The highest BCUT2D eigenvalue weighted by molar-refractivity contribution is 8.17. The van der Waals surface area contributed by atoms with Crippen LogP contribution < -0.4 is 0 Å². The van der Waals surface area contributed by atoms with Crippen molar-refractivity contribution in [2.24, 2.45) is 0 Å². The fourth-order valence-electron chi connectivity index (χ4n) is 2.66. The van der Waals surface area contributed by atoms with Gasteiger partial charge in [-0.05, 0) is 68.6 Å². The van der Waals surface area contributed by atoms with Gasteiger partial charge in [0.25, 0.3) is 0 Å². The first kappa shape index (κ1) is 27.7. The van der Waals surface area contributed by atoms with Crippen molar-refractivity contribution in [1.82, 2.24) is 0 Å². The topological polar surface area (TPSA) is 9.23 Å². The van der Waals surface area contributed by atoms with E-state index in [-0.39, 0.29) is 0 Å². The summed E-state index contributed by atoms with van der Waals surface area (Å²) in [6.07, 6.45) is 18.6. The molecule has 0 saturated carbocycles. The van der Waals surface area contributed by atoms with Crippen LogP contribution in [-0.2, 0) is 4.74 Å². The Morgan fingerprint density at radius 2 is 1.90 bits per heavy atom. The summed E-state index contributed by atoms with van der Waals surface area (Å²) in [6.45, 7) is 18.8. The van der Waals surface area contributed by atoms with Crippen molar-refractivity contribution in [3.8, 4) is 0 Å². The molecule has 0 fully saturated rings. The molecule has 0 atom stereocenters. The first-order chi connectivity index (χ1) is 14.0. The Balaban J connectivity index is 4.47. The van der Waals surface area contributed by atoms with Gasteiger partial charge in [-0.25, -0.2) is 0 Å². The van der Waals surface area contributed by atoms with Gasteiger partial charge in [0.2, 0.25) is 0 Å². The molecule has 29 heavy (non-hydrogen) atoms. The maximum atomic E-state index is 5.16. The van der Waals surface area contributed by atoms with Crippen molar-refractivity contribution in [2.45, 2.75) is 59.3 Å². The molecule has 1 nitrogen and oxygen atoms in total. The van der Waals surface area contributed by atoms with E-state index in [2.05, 4.69) is 58.7 Å². The molecule has 0 rings (SSSR count). The minimum atomic E-state index is 0.787. The average molecular weight is 433 g/mol. The van der Waals surface area contributed by atoms with Crippen LogP contribution in [0, 0.1) is 0 Å².